The quantitative estimate of drug-likeness (QED) is 0.697. The Kier molecular flexibility index (Phi) is 6.71. The van der Waals surface area contributed by atoms with Crippen molar-refractivity contribution in [1.29, 1.82) is 0 Å². The Morgan fingerprint density at radius 3 is 2.41 bits per heavy atom. The summed E-state index contributed by atoms with van der Waals surface area (Å²) in [5, 5.41) is 3.35. The molecule has 1 aromatic rings. The highest BCUT2D eigenvalue weighted by atomic mass is 16.5. The Balaban J connectivity index is 2.21. The summed E-state index contributed by atoms with van der Waals surface area (Å²) < 4.78 is 5.15. The summed E-state index contributed by atoms with van der Waals surface area (Å²) in [6.07, 6.45) is 6.24. The van der Waals surface area contributed by atoms with E-state index in [0.29, 0.717) is 6.04 Å². The van der Waals surface area contributed by atoms with Gasteiger partial charge < -0.3 is 10.1 Å². The maximum atomic E-state index is 5.15. The Bertz CT molecular complexity index is 290. The molecule has 1 atom stereocenters. The molecule has 17 heavy (non-hydrogen) atoms. The molecule has 0 aliphatic carbocycles. The van der Waals surface area contributed by atoms with Crippen LogP contribution in [0.4, 0.5) is 0 Å². The fourth-order valence-electron chi connectivity index (χ4n) is 2.06. The lowest BCUT2D eigenvalue weighted by atomic mass is 10.0. The zero-order valence-corrected chi connectivity index (χ0v) is 11.3. The Labute approximate surface area is 105 Å². The molecule has 0 saturated heterocycles. The van der Waals surface area contributed by atoms with Crippen LogP contribution in [-0.2, 0) is 6.42 Å². The average molecular weight is 235 g/mol. The van der Waals surface area contributed by atoms with Crippen molar-refractivity contribution in [1.82, 2.24) is 5.32 Å². The van der Waals surface area contributed by atoms with E-state index in [4.69, 9.17) is 4.74 Å². The molecule has 0 aromatic heterocycles. The zero-order chi connectivity index (χ0) is 12.5. The fourth-order valence-corrected chi connectivity index (χ4v) is 2.06. The van der Waals surface area contributed by atoms with E-state index in [1.807, 2.05) is 12.1 Å². The maximum Gasteiger partial charge on any atom is 0.118 e. The molecule has 0 radical (unpaired) electrons. The first kappa shape index (κ1) is 14.0. The van der Waals surface area contributed by atoms with E-state index in [1.165, 1.54) is 37.7 Å². The monoisotopic (exact) mass is 235 g/mol. The number of nitrogens with one attached hydrogen (secondary N) is 1. The molecule has 0 heterocycles. The van der Waals surface area contributed by atoms with Crippen LogP contribution in [0, 0.1) is 0 Å². The minimum absolute atomic E-state index is 0.686. The third-order valence-electron chi connectivity index (χ3n) is 3.33. The van der Waals surface area contributed by atoms with Gasteiger partial charge in [-0.05, 0) is 50.4 Å². The third-order valence-corrected chi connectivity index (χ3v) is 3.33. The number of aryl methyl sites for hydroxylation is 1. The van der Waals surface area contributed by atoms with Crippen LogP contribution in [-0.4, -0.2) is 20.2 Å². The van der Waals surface area contributed by atoms with Gasteiger partial charge in [-0.2, -0.15) is 0 Å². The van der Waals surface area contributed by atoms with Gasteiger partial charge in [-0.25, -0.2) is 0 Å². The largest absolute Gasteiger partial charge is 0.497 e. The lowest BCUT2D eigenvalue weighted by Gasteiger charge is -2.13. The smallest absolute Gasteiger partial charge is 0.118 e. The van der Waals surface area contributed by atoms with Crippen LogP contribution in [0.1, 0.15) is 38.2 Å². The Hall–Kier alpha value is -1.02. The lowest BCUT2D eigenvalue weighted by molar-refractivity contribution is 0.414. The normalized spacial score (nSPS) is 12.4. The first-order valence-corrected chi connectivity index (χ1v) is 6.60. The van der Waals surface area contributed by atoms with E-state index in [9.17, 15) is 0 Å². The van der Waals surface area contributed by atoms with Gasteiger partial charge in [0.1, 0.15) is 5.75 Å². The maximum absolute atomic E-state index is 5.15. The number of unbranched alkanes of at least 4 members (excludes halogenated alkanes) is 1. The third kappa shape index (κ3) is 5.22. The molecule has 2 heteroatoms. The standard InChI is InChI=1S/C15H25NO/c1-4-14(16-2)8-6-5-7-13-9-11-15(17-3)12-10-13/h9-12,14,16H,4-8H2,1-3H3. The van der Waals surface area contributed by atoms with E-state index in [1.54, 1.807) is 7.11 Å². The van der Waals surface area contributed by atoms with E-state index in [2.05, 4.69) is 31.4 Å². The second-order valence-electron chi connectivity index (χ2n) is 4.49. The molecule has 0 spiro atoms. The van der Waals surface area contributed by atoms with Gasteiger partial charge in [0, 0.05) is 6.04 Å². The topological polar surface area (TPSA) is 21.3 Å². The molecule has 1 aromatic carbocycles. The second kappa shape index (κ2) is 8.13. The molecule has 0 saturated carbocycles. The SMILES string of the molecule is CCC(CCCCc1ccc(OC)cc1)NC. The van der Waals surface area contributed by atoms with Gasteiger partial charge in [0.25, 0.3) is 0 Å². The molecule has 1 unspecified atom stereocenters. The predicted molar refractivity (Wildman–Crippen MR) is 73.7 cm³/mol. The van der Waals surface area contributed by atoms with Crippen molar-refractivity contribution in [2.45, 2.75) is 45.1 Å². The molecule has 96 valence electrons. The summed E-state index contributed by atoms with van der Waals surface area (Å²) in [6, 6.07) is 9.09. The van der Waals surface area contributed by atoms with Gasteiger partial charge in [0.2, 0.25) is 0 Å². The second-order valence-corrected chi connectivity index (χ2v) is 4.49. The van der Waals surface area contributed by atoms with E-state index in [0.717, 1.165) is 5.75 Å². The first-order valence-electron chi connectivity index (χ1n) is 6.60. The highest BCUT2D eigenvalue weighted by molar-refractivity contribution is 5.27. The van der Waals surface area contributed by atoms with E-state index in [-0.39, 0.29) is 0 Å². The minimum atomic E-state index is 0.686. The summed E-state index contributed by atoms with van der Waals surface area (Å²) in [4.78, 5) is 0. The van der Waals surface area contributed by atoms with Crippen LogP contribution in [0.2, 0.25) is 0 Å². The van der Waals surface area contributed by atoms with Crippen molar-refractivity contribution < 1.29 is 4.74 Å². The minimum Gasteiger partial charge on any atom is -0.497 e. The van der Waals surface area contributed by atoms with Crippen LogP contribution >= 0.6 is 0 Å². The number of hydrogen-bond donors (Lipinski definition) is 1. The van der Waals surface area contributed by atoms with Crippen molar-refractivity contribution in [3.8, 4) is 5.75 Å². The highest BCUT2D eigenvalue weighted by Crippen LogP contribution is 2.14. The van der Waals surface area contributed by atoms with Crippen LogP contribution in [0.5, 0.6) is 5.75 Å². The van der Waals surface area contributed by atoms with E-state index < -0.39 is 0 Å². The van der Waals surface area contributed by atoms with Crippen molar-refractivity contribution in [2.24, 2.45) is 0 Å². The summed E-state index contributed by atoms with van der Waals surface area (Å²) in [7, 11) is 3.76. The summed E-state index contributed by atoms with van der Waals surface area (Å²) in [6.45, 7) is 2.24. The molecule has 0 amide bonds. The first-order chi connectivity index (χ1) is 8.30. The van der Waals surface area contributed by atoms with Gasteiger partial charge in [0.15, 0.2) is 0 Å². The average Bonchev–Trinajstić information content (AvgIpc) is 2.40. The van der Waals surface area contributed by atoms with Crippen LogP contribution in [0.25, 0.3) is 0 Å². The van der Waals surface area contributed by atoms with Gasteiger partial charge in [0.05, 0.1) is 7.11 Å². The number of hydrogen-bond acceptors (Lipinski definition) is 2. The summed E-state index contributed by atoms with van der Waals surface area (Å²) in [5.41, 5.74) is 1.41. The molecular formula is C15H25NO. The Morgan fingerprint density at radius 1 is 1.18 bits per heavy atom. The molecule has 0 bridgehead atoms. The van der Waals surface area contributed by atoms with Crippen molar-refractivity contribution in [3.63, 3.8) is 0 Å². The molecule has 0 fully saturated rings. The zero-order valence-electron chi connectivity index (χ0n) is 11.3. The predicted octanol–water partition coefficient (Wildman–Crippen LogP) is 3.41. The number of methoxy groups -OCH3 is 1. The molecule has 1 rings (SSSR count). The van der Waals surface area contributed by atoms with Gasteiger partial charge in [-0.3, -0.25) is 0 Å². The van der Waals surface area contributed by atoms with Crippen molar-refractivity contribution in [2.75, 3.05) is 14.2 Å². The van der Waals surface area contributed by atoms with Gasteiger partial charge >= 0.3 is 0 Å². The summed E-state index contributed by atoms with van der Waals surface area (Å²) in [5.74, 6) is 0.940. The molecule has 0 aliphatic rings. The van der Waals surface area contributed by atoms with Crippen LogP contribution < -0.4 is 10.1 Å². The highest BCUT2D eigenvalue weighted by Gasteiger charge is 2.02. The molecule has 0 aliphatic heterocycles. The van der Waals surface area contributed by atoms with Crippen LogP contribution in [0.15, 0.2) is 24.3 Å². The Morgan fingerprint density at radius 2 is 1.88 bits per heavy atom. The van der Waals surface area contributed by atoms with Crippen LogP contribution in [0.3, 0.4) is 0 Å². The van der Waals surface area contributed by atoms with Crippen molar-refractivity contribution in [3.05, 3.63) is 29.8 Å². The fraction of sp³-hybridized carbons (Fsp3) is 0.600. The van der Waals surface area contributed by atoms with E-state index >= 15 is 0 Å². The van der Waals surface area contributed by atoms with Crippen molar-refractivity contribution >= 4 is 0 Å². The molecular weight excluding hydrogens is 210 g/mol. The number of rotatable bonds is 8. The van der Waals surface area contributed by atoms with Gasteiger partial charge in [-0.1, -0.05) is 25.5 Å². The summed E-state index contributed by atoms with van der Waals surface area (Å²) >= 11 is 0. The number of benzene rings is 1. The number of ether oxygens (including phenoxy) is 1. The van der Waals surface area contributed by atoms with Gasteiger partial charge in [-0.15, -0.1) is 0 Å². The molecule has 2 nitrogen and oxygen atoms in total. The molecule has 1 N–H and O–H groups in total. The lowest BCUT2D eigenvalue weighted by Crippen LogP contribution is -2.23.